The summed E-state index contributed by atoms with van der Waals surface area (Å²) in [6.45, 7) is 1.22. The minimum absolute atomic E-state index is 0.0417. The highest BCUT2D eigenvalue weighted by atomic mass is 16.7. The molecule has 1 heterocycles. The fourth-order valence-electron chi connectivity index (χ4n) is 4.41. The Morgan fingerprint density at radius 2 is 1.79 bits per heavy atom. The van der Waals surface area contributed by atoms with Gasteiger partial charge in [-0.1, -0.05) is 43.5 Å². The Kier molecular flexibility index (Phi) is 6.88. The van der Waals surface area contributed by atoms with Gasteiger partial charge < -0.3 is 19.9 Å². The lowest BCUT2D eigenvalue weighted by molar-refractivity contribution is -0.155. The first kappa shape index (κ1) is 20.4. The third kappa shape index (κ3) is 5.83. The van der Waals surface area contributed by atoms with E-state index in [1.165, 1.54) is 44.9 Å². The van der Waals surface area contributed by atoms with Gasteiger partial charge in [0.2, 0.25) is 6.29 Å². The SMILES string of the molecule is O=C(NCC1CC1)C1=C[C@H](C2CCCCC2)C[C@H](OCc2ccc(CO)cc2)O1. The zero-order valence-corrected chi connectivity index (χ0v) is 17.1. The van der Waals surface area contributed by atoms with E-state index in [0.717, 1.165) is 24.1 Å². The molecule has 5 nitrogen and oxygen atoms in total. The molecule has 1 amide bonds. The third-order valence-corrected chi connectivity index (χ3v) is 6.46. The summed E-state index contributed by atoms with van der Waals surface area (Å²) in [7, 11) is 0. The minimum atomic E-state index is -0.397. The predicted octanol–water partition coefficient (Wildman–Crippen LogP) is 4.05. The van der Waals surface area contributed by atoms with Gasteiger partial charge in [0.1, 0.15) is 0 Å². The van der Waals surface area contributed by atoms with E-state index in [4.69, 9.17) is 9.47 Å². The van der Waals surface area contributed by atoms with E-state index in [0.29, 0.717) is 30.1 Å². The molecule has 5 heteroatoms. The molecule has 4 rings (SSSR count). The fraction of sp³-hybridized carbons (Fsp3) is 0.625. The number of nitrogens with one attached hydrogen (secondary N) is 1. The van der Waals surface area contributed by atoms with Crippen molar-refractivity contribution < 1.29 is 19.4 Å². The van der Waals surface area contributed by atoms with Crippen LogP contribution < -0.4 is 5.32 Å². The Labute approximate surface area is 173 Å². The van der Waals surface area contributed by atoms with E-state index >= 15 is 0 Å². The second-order valence-electron chi connectivity index (χ2n) is 8.81. The zero-order chi connectivity index (χ0) is 20.1. The average Bonchev–Trinajstić information content (AvgIpc) is 3.61. The topological polar surface area (TPSA) is 67.8 Å². The molecule has 0 radical (unpaired) electrons. The normalized spacial score (nSPS) is 25.2. The second-order valence-corrected chi connectivity index (χ2v) is 8.81. The minimum Gasteiger partial charge on any atom is -0.459 e. The molecular formula is C24H33NO4. The lowest BCUT2D eigenvalue weighted by atomic mass is 9.77. The van der Waals surface area contributed by atoms with Crippen molar-refractivity contribution in [3.8, 4) is 0 Å². The number of aliphatic hydroxyl groups excluding tert-OH is 1. The summed E-state index contributed by atoms with van der Waals surface area (Å²) >= 11 is 0. The van der Waals surface area contributed by atoms with Crippen LogP contribution in [0.2, 0.25) is 0 Å². The van der Waals surface area contributed by atoms with Crippen LogP contribution in [0.1, 0.15) is 62.5 Å². The monoisotopic (exact) mass is 399 g/mol. The van der Waals surface area contributed by atoms with E-state index in [-0.39, 0.29) is 12.5 Å². The van der Waals surface area contributed by atoms with Crippen LogP contribution >= 0.6 is 0 Å². The van der Waals surface area contributed by atoms with E-state index in [9.17, 15) is 9.90 Å². The lowest BCUT2D eigenvalue weighted by Gasteiger charge is -2.35. The number of carbonyl (C=O) groups is 1. The Balaban J connectivity index is 1.39. The summed E-state index contributed by atoms with van der Waals surface area (Å²) in [6.07, 6.45) is 11.2. The first-order chi connectivity index (χ1) is 14.2. The van der Waals surface area contributed by atoms with E-state index in [2.05, 4.69) is 11.4 Å². The Hall–Kier alpha value is -1.85. The van der Waals surface area contributed by atoms with Gasteiger partial charge in [-0.05, 0) is 60.6 Å². The number of rotatable bonds is 8. The molecule has 158 valence electrons. The highest BCUT2D eigenvalue weighted by Gasteiger charge is 2.33. The van der Waals surface area contributed by atoms with E-state index < -0.39 is 6.29 Å². The van der Waals surface area contributed by atoms with Crippen LogP contribution in [-0.4, -0.2) is 23.8 Å². The number of hydrogen-bond donors (Lipinski definition) is 2. The molecular weight excluding hydrogens is 366 g/mol. The van der Waals surface area contributed by atoms with Crippen molar-refractivity contribution in [2.45, 2.75) is 70.9 Å². The van der Waals surface area contributed by atoms with Gasteiger partial charge in [-0.2, -0.15) is 0 Å². The van der Waals surface area contributed by atoms with Gasteiger partial charge in [0.05, 0.1) is 13.2 Å². The quantitative estimate of drug-likeness (QED) is 0.692. The van der Waals surface area contributed by atoms with Gasteiger partial charge in [0, 0.05) is 13.0 Å². The molecule has 2 aliphatic carbocycles. The van der Waals surface area contributed by atoms with Crippen molar-refractivity contribution in [2.24, 2.45) is 17.8 Å². The molecule has 0 spiro atoms. The number of ether oxygens (including phenoxy) is 2. The summed E-state index contributed by atoms with van der Waals surface area (Å²) in [5, 5.41) is 12.2. The molecule has 0 bridgehead atoms. The molecule has 0 saturated heterocycles. The van der Waals surface area contributed by atoms with Crippen LogP contribution in [0.5, 0.6) is 0 Å². The van der Waals surface area contributed by atoms with Gasteiger partial charge >= 0.3 is 0 Å². The van der Waals surface area contributed by atoms with Crippen molar-refractivity contribution in [2.75, 3.05) is 6.54 Å². The largest absolute Gasteiger partial charge is 0.459 e. The molecule has 1 aromatic carbocycles. The van der Waals surface area contributed by atoms with Crippen LogP contribution in [0.15, 0.2) is 36.1 Å². The van der Waals surface area contributed by atoms with Crippen LogP contribution in [-0.2, 0) is 27.5 Å². The molecule has 2 fully saturated rings. The lowest BCUT2D eigenvalue weighted by Crippen LogP contribution is -2.36. The maximum Gasteiger partial charge on any atom is 0.286 e. The first-order valence-corrected chi connectivity index (χ1v) is 11.2. The van der Waals surface area contributed by atoms with Crippen LogP contribution in [0.25, 0.3) is 0 Å². The molecule has 1 aromatic rings. The van der Waals surface area contributed by atoms with Crippen molar-refractivity contribution in [1.82, 2.24) is 5.32 Å². The first-order valence-electron chi connectivity index (χ1n) is 11.2. The van der Waals surface area contributed by atoms with Gasteiger partial charge in [-0.25, -0.2) is 0 Å². The molecule has 0 aromatic heterocycles. The van der Waals surface area contributed by atoms with Crippen molar-refractivity contribution in [3.05, 3.63) is 47.2 Å². The van der Waals surface area contributed by atoms with Crippen molar-refractivity contribution in [1.29, 1.82) is 0 Å². The highest BCUT2D eigenvalue weighted by Crippen LogP contribution is 2.37. The maximum atomic E-state index is 12.7. The number of benzene rings is 1. The number of carbonyl (C=O) groups excluding carboxylic acids is 1. The maximum absolute atomic E-state index is 12.7. The average molecular weight is 400 g/mol. The number of amides is 1. The smallest absolute Gasteiger partial charge is 0.286 e. The molecule has 2 saturated carbocycles. The predicted molar refractivity (Wildman–Crippen MR) is 111 cm³/mol. The van der Waals surface area contributed by atoms with Crippen molar-refractivity contribution in [3.63, 3.8) is 0 Å². The summed E-state index contributed by atoms with van der Waals surface area (Å²) in [4.78, 5) is 12.7. The van der Waals surface area contributed by atoms with Gasteiger partial charge in [0.15, 0.2) is 5.76 Å². The second kappa shape index (κ2) is 9.77. The standard InChI is InChI=1S/C24H33NO4/c26-15-18-8-10-19(11-9-18)16-28-23-13-21(20-4-2-1-3-5-20)12-22(29-23)24(27)25-14-17-6-7-17/h8-12,17,20-21,23,26H,1-7,13-16H2,(H,25,27)/t21-,23+/m0/s1. The van der Waals surface area contributed by atoms with E-state index in [1.807, 2.05) is 24.3 Å². The number of allylic oxidation sites excluding steroid dienone is 1. The summed E-state index contributed by atoms with van der Waals surface area (Å²) in [6, 6.07) is 7.74. The fourth-order valence-corrected chi connectivity index (χ4v) is 4.41. The number of hydrogen-bond acceptors (Lipinski definition) is 4. The summed E-state index contributed by atoms with van der Waals surface area (Å²) in [5.74, 6) is 1.94. The molecule has 0 unspecified atom stereocenters. The summed E-state index contributed by atoms with van der Waals surface area (Å²) < 4.78 is 12.1. The van der Waals surface area contributed by atoms with Gasteiger partial charge in [-0.3, -0.25) is 4.79 Å². The zero-order valence-electron chi connectivity index (χ0n) is 17.1. The highest BCUT2D eigenvalue weighted by molar-refractivity contribution is 5.91. The molecule has 2 N–H and O–H groups in total. The van der Waals surface area contributed by atoms with Crippen LogP contribution in [0.3, 0.4) is 0 Å². The Bertz CT molecular complexity index is 704. The van der Waals surface area contributed by atoms with Crippen LogP contribution in [0.4, 0.5) is 0 Å². The third-order valence-electron chi connectivity index (χ3n) is 6.46. The van der Waals surface area contributed by atoms with Crippen molar-refractivity contribution >= 4 is 5.91 Å². The Morgan fingerprint density at radius 1 is 1.07 bits per heavy atom. The van der Waals surface area contributed by atoms with Crippen LogP contribution in [0, 0.1) is 17.8 Å². The summed E-state index contributed by atoms with van der Waals surface area (Å²) in [5.41, 5.74) is 1.92. The number of aliphatic hydroxyl groups is 1. The molecule has 3 aliphatic rings. The van der Waals surface area contributed by atoms with E-state index in [1.54, 1.807) is 0 Å². The Morgan fingerprint density at radius 3 is 2.48 bits per heavy atom. The molecule has 2 atom stereocenters. The van der Waals surface area contributed by atoms with Gasteiger partial charge in [0.25, 0.3) is 5.91 Å². The molecule has 29 heavy (non-hydrogen) atoms. The molecule has 1 aliphatic heterocycles. The van der Waals surface area contributed by atoms with Gasteiger partial charge in [-0.15, -0.1) is 0 Å².